The molecule has 0 radical (unpaired) electrons. The van der Waals surface area contributed by atoms with Crippen molar-refractivity contribution >= 4 is 64.7 Å². The van der Waals surface area contributed by atoms with Gasteiger partial charge in [-0.15, -0.1) is 0 Å². The number of phosphoric ester groups is 1. The van der Waals surface area contributed by atoms with Gasteiger partial charge in [-0.05, 0) is 20.3 Å². The normalized spacial score (nSPS) is 20.7. The third kappa shape index (κ3) is 25.8. The minimum Gasteiger partial charge on any atom is -0.379 e. The van der Waals surface area contributed by atoms with E-state index in [1.807, 2.05) is 13.8 Å². The minimum atomic E-state index is -5.62. The van der Waals surface area contributed by atoms with Crippen molar-refractivity contribution in [1.29, 1.82) is 0 Å². The number of carbonyl (C=O) groups is 2. The van der Waals surface area contributed by atoms with Crippen molar-refractivity contribution in [2.75, 3.05) is 78.5 Å². The zero-order valence-corrected chi connectivity index (χ0v) is 32.8. The summed E-state index contributed by atoms with van der Waals surface area (Å²) in [6.07, 6.45) is -0.386. The summed E-state index contributed by atoms with van der Waals surface area (Å²) in [5.41, 5.74) is 0. The lowest BCUT2D eigenvalue weighted by Crippen LogP contribution is -2.36. The Morgan fingerprint density at radius 3 is 2.02 bits per heavy atom. The molecule has 1 aliphatic rings. The molecular weight excluding hydrogens is 772 g/mol. The molecular formula is C24H50BN2O18P3S2. The van der Waals surface area contributed by atoms with Crippen molar-refractivity contribution in [3.63, 3.8) is 0 Å². The van der Waals surface area contributed by atoms with E-state index in [0.29, 0.717) is 72.2 Å². The monoisotopic (exact) mass is 822 g/mol. The molecule has 1 rings (SSSR count). The van der Waals surface area contributed by atoms with E-state index in [1.54, 1.807) is 14.8 Å². The quantitative estimate of drug-likeness (QED) is 0.0191. The molecule has 0 bridgehead atoms. The predicted octanol–water partition coefficient (Wildman–Crippen LogP) is 0.679. The van der Waals surface area contributed by atoms with E-state index in [-0.39, 0.29) is 41.5 Å². The molecule has 50 heavy (non-hydrogen) atoms. The first kappa shape index (κ1) is 47.9. The number of phosphoric acid groups is 3. The Labute approximate surface area is 300 Å². The Morgan fingerprint density at radius 1 is 0.860 bits per heavy atom. The SMILES string of the molecule is B[C@H]1C[C@@H](OCSSC(C)(C)CNC(=O)CCOCCOCCOCCOCCNC(=O)CC)C(COP(=O)(O)OP(=O)(O)OP(=O)(O)O)O1. The molecule has 294 valence electrons. The lowest BCUT2D eigenvalue weighted by Gasteiger charge is -2.24. The van der Waals surface area contributed by atoms with Crippen LogP contribution in [0.25, 0.3) is 0 Å². The van der Waals surface area contributed by atoms with Crippen LogP contribution in [0.2, 0.25) is 0 Å². The fourth-order valence-electron chi connectivity index (χ4n) is 3.76. The average molecular weight is 823 g/mol. The zero-order chi connectivity index (χ0) is 37.7. The van der Waals surface area contributed by atoms with Crippen molar-refractivity contribution in [2.45, 2.75) is 63.0 Å². The number of rotatable bonds is 30. The highest BCUT2D eigenvalue weighted by molar-refractivity contribution is 8.77. The molecule has 0 spiro atoms. The maximum Gasteiger partial charge on any atom is 0.490 e. The van der Waals surface area contributed by atoms with Crippen LogP contribution in [0.3, 0.4) is 0 Å². The summed E-state index contributed by atoms with van der Waals surface area (Å²) in [7, 11) is -11.8. The summed E-state index contributed by atoms with van der Waals surface area (Å²) in [5.74, 6) is 0.00814. The van der Waals surface area contributed by atoms with Crippen molar-refractivity contribution in [3.8, 4) is 0 Å². The smallest absolute Gasteiger partial charge is 0.379 e. The Balaban J connectivity index is 2.13. The average Bonchev–Trinajstić information content (AvgIpc) is 3.36. The minimum absolute atomic E-state index is 0.0120. The highest BCUT2D eigenvalue weighted by Crippen LogP contribution is 2.66. The summed E-state index contributed by atoms with van der Waals surface area (Å²) in [6.45, 7) is 8.94. The first-order valence-electron chi connectivity index (χ1n) is 15.5. The van der Waals surface area contributed by atoms with Gasteiger partial charge >= 0.3 is 23.5 Å². The molecule has 0 aromatic rings. The molecule has 26 heteroatoms. The predicted molar refractivity (Wildman–Crippen MR) is 185 cm³/mol. The Hall–Kier alpha value is -0.125. The van der Waals surface area contributed by atoms with Crippen LogP contribution < -0.4 is 10.6 Å². The molecule has 1 saturated heterocycles. The number of nitrogens with one attached hydrogen (secondary N) is 2. The summed E-state index contributed by atoms with van der Waals surface area (Å²) in [4.78, 5) is 59.6. The van der Waals surface area contributed by atoms with Gasteiger partial charge in [0.1, 0.15) is 19.9 Å². The van der Waals surface area contributed by atoms with Gasteiger partial charge in [0.05, 0.1) is 65.6 Å². The fraction of sp³-hybridized carbons (Fsp3) is 0.917. The van der Waals surface area contributed by atoms with Crippen LogP contribution in [-0.2, 0) is 64.9 Å². The number of hydrogen-bond acceptors (Lipinski definition) is 16. The van der Waals surface area contributed by atoms with E-state index < -0.39 is 42.3 Å². The van der Waals surface area contributed by atoms with Gasteiger partial charge in [-0.3, -0.25) is 14.1 Å². The van der Waals surface area contributed by atoms with Gasteiger partial charge in [-0.25, -0.2) is 13.7 Å². The van der Waals surface area contributed by atoms with Gasteiger partial charge in [0.25, 0.3) is 0 Å². The Kier molecular flexibility index (Phi) is 24.0. The van der Waals surface area contributed by atoms with Crippen molar-refractivity contribution in [1.82, 2.24) is 10.6 Å². The van der Waals surface area contributed by atoms with Crippen molar-refractivity contribution < 1.29 is 84.4 Å². The number of amides is 2. The molecule has 20 nitrogen and oxygen atoms in total. The number of carbonyl (C=O) groups excluding carboxylic acids is 2. The largest absolute Gasteiger partial charge is 0.490 e. The molecule has 6 N–H and O–H groups in total. The van der Waals surface area contributed by atoms with E-state index >= 15 is 0 Å². The second-order valence-electron chi connectivity index (χ2n) is 11.1. The topological polar surface area (TPSA) is 273 Å². The highest BCUT2D eigenvalue weighted by atomic mass is 33.1. The van der Waals surface area contributed by atoms with E-state index in [0.717, 1.165) is 0 Å². The third-order valence-electron chi connectivity index (χ3n) is 6.01. The van der Waals surface area contributed by atoms with Gasteiger partial charge in [-0.2, -0.15) is 8.62 Å². The number of ether oxygens (including phenoxy) is 6. The van der Waals surface area contributed by atoms with Crippen LogP contribution in [0.15, 0.2) is 0 Å². The van der Waals surface area contributed by atoms with Gasteiger partial charge in [-0.1, -0.05) is 28.5 Å². The Morgan fingerprint density at radius 2 is 1.44 bits per heavy atom. The van der Waals surface area contributed by atoms with Crippen LogP contribution in [0, 0.1) is 0 Å². The first-order chi connectivity index (χ1) is 23.3. The summed E-state index contributed by atoms with van der Waals surface area (Å²) >= 11 is 0. The molecule has 1 aliphatic heterocycles. The van der Waals surface area contributed by atoms with E-state index in [4.69, 9.17) is 38.2 Å². The molecule has 5 atom stereocenters. The van der Waals surface area contributed by atoms with Crippen LogP contribution in [0.1, 0.15) is 40.0 Å². The lowest BCUT2D eigenvalue weighted by molar-refractivity contribution is -0.122. The molecule has 0 aromatic heterocycles. The summed E-state index contributed by atoms with van der Waals surface area (Å²) < 4.78 is 79.1. The fourth-order valence-corrected chi connectivity index (χ4v) is 8.96. The van der Waals surface area contributed by atoms with Crippen molar-refractivity contribution in [3.05, 3.63) is 0 Å². The van der Waals surface area contributed by atoms with Crippen LogP contribution in [0.5, 0.6) is 0 Å². The molecule has 1 fully saturated rings. The van der Waals surface area contributed by atoms with Gasteiger partial charge in [0.15, 0.2) is 0 Å². The maximum absolute atomic E-state index is 12.2. The van der Waals surface area contributed by atoms with Gasteiger partial charge in [0, 0.05) is 36.7 Å². The van der Waals surface area contributed by atoms with Crippen LogP contribution >= 0.6 is 45.1 Å². The standard InChI is InChI=1S/C24H50BN2O18P3S2/c1-4-22(28)26-6-8-38-10-12-40-14-13-39-11-9-37-7-5-23(29)27-17-24(2,3)50-49-18-41-19-15-21(25)43-20(19)16-42-47(33,34)45-48(35,36)44-46(30,31)32/h19-21H,4-18,25H2,1-3H3,(H,26,28)(H,27,29)(H,33,34)(H,35,36)(H2,30,31,32)/t19-,20?,21-/m1/s1. The zero-order valence-electron chi connectivity index (χ0n) is 28.5. The Bertz CT molecular complexity index is 1140. The number of hydrogen-bond donors (Lipinski definition) is 6. The maximum atomic E-state index is 12.2. The molecule has 0 saturated carbocycles. The van der Waals surface area contributed by atoms with E-state index in [1.165, 1.54) is 21.6 Å². The molecule has 2 amide bonds. The summed E-state index contributed by atoms with van der Waals surface area (Å²) in [5, 5.41) is 5.59. The molecule has 0 aromatic carbocycles. The first-order valence-corrected chi connectivity index (χ1v) is 22.4. The van der Waals surface area contributed by atoms with Crippen LogP contribution in [-0.4, -0.2) is 141 Å². The molecule has 0 aliphatic carbocycles. The third-order valence-corrected chi connectivity index (χ3v) is 12.8. The highest BCUT2D eigenvalue weighted by Gasteiger charge is 2.42. The second kappa shape index (κ2) is 25.0. The second-order valence-corrected chi connectivity index (χ2v) is 18.4. The molecule has 3 unspecified atom stereocenters. The van der Waals surface area contributed by atoms with Gasteiger partial charge < -0.3 is 58.6 Å². The lowest BCUT2D eigenvalue weighted by atomic mass is 9.96. The summed E-state index contributed by atoms with van der Waals surface area (Å²) in [6, 6.07) is -0.300. The molecule has 1 heterocycles. The van der Waals surface area contributed by atoms with Crippen molar-refractivity contribution in [2.24, 2.45) is 0 Å². The van der Waals surface area contributed by atoms with E-state index in [2.05, 4.69) is 23.8 Å². The van der Waals surface area contributed by atoms with E-state index in [9.17, 15) is 33.1 Å². The van der Waals surface area contributed by atoms with Crippen LogP contribution in [0.4, 0.5) is 0 Å². The van der Waals surface area contributed by atoms with Gasteiger partial charge in [0.2, 0.25) is 11.8 Å².